The molecule has 1 atom stereocenters. The van der Waals surface area contributed by atoms with E-state index < -0.39 is 0 Å². The number of piperidine rings is 2. The third-order valence-corrected chi connectivity index (χ3v) is 6.77. The van der Waals surface area contributed by atoms with Gasteiger partial charge in [-0.15, -0.1) is 0 Å². The SMILES string of the molecule is CC(C)Cc1ccc(CN2CCC[C@H](NC3CCN(Cc4cccnc4)CC3)C2)cc1. The van der Waals surface area contributed by atoms with Gasteiger partial charge in [-0.05, 0) is 80.4 Å². The molecule has 1 N–H and O–H groups in total. The summed E-state index contributed by atoms with van der Waals surface area (Å²) in [5.41, 5.74) is 4.25. The van der Waals surface area contributed by atoms with E-state index in [0.29, 0.717) is 12.1 Å². The molecule has 2 saturated heterocycles. The maximum Gasteiger partial charge on any atom is 0.0312 e. The first kappa shape index (κ1) is 22.4. The molecular weight excluding hydrogens is 380 g/mol. The highest BCUT2D eigenvalue weighted by Crippen LogP contribution is 2.19. The highest BCUT2D eigenvalue weighted by atomic mass is 15.2. The van der Waals surface area contributed by atoms with Gasteiger partial charge in [-0.3, -0.25) is 14.8 Å². The summed E-state index contributed by atoms with van der Waals surface area (Å²) in [6.07, 6.45) is 10.2. The number of hydrogen-bond acceptors (Lipinski definition) is 4. The molecule has 1 aromatic carbocycles. The molecule has 4 nitrogen and oxygen atoms in total. The smallest absolute Gasteiger partial charge is 0.0312 e. The molecule has 1 aromatic heterocycles. The fourth-order valence-electron chi connectivity index (χ4n) is 5.19. The van der Waals surface area contributed by atoms with Crippen LogP contribution in [-0.2, 0) is 19.5 Å². The zero-order chi connectivity index (χ0) is 21.5. The number of likely N-dealkylation sites (tertiary alicyclic amines) is 2. The van der Waals surface area contributed by atoms with Crippen molar-refractivity contribution in [2.75, 3.05) is 26.2 Å². The van der Waals surface area contributed by atoms with Gasteiger partial charge in [0.15, 0.2) is 0 Å². The van der Waals surface area contributed by atoms with E-state index in [1.54, 1.807) is 0 Å². The van der Waals surface area contributed by atoms with Gasteiger partial charge in [0.1, 0.15) is 0 Å². The molecule has 0 radical (unpaired) electrons. The quantitative estimate of drug-likeness (QED) is 0.681. The van der Waals surface area contributed by atoms with Crippen LogP contribution in [-0.4, -0.2) is 53.0 Å². The zero-order valence-electron chi connectivity index (χ0n) is 19.5. The predicted octanol–water partition coefficient (Wildman–Crippen LogP) is 4.50. The van der Waals surface area contributed by atoms with E-state index in [-0.39, 0.29) is 0 Å². The Hall–Kier alpha value is -1.75. The maximum absolute atomic E-state index is 4.25. The van der Waals surface area contributed by atoms with Gasteiger partial charge in [0.25, 0.3) is 0 Å². The summed E-state index contributed by atoms with van der Waals surface area (Å²) < 4.78 is 0. The monoisotopic (exact) mass is 420 g/mol. The molecule has 2 aliphatic heterocycles. The van der Waals surface area contributed by atoms with Crippen LogP contribution in [0.2, 0.25) is 0 Å². The first-order valence-electron chi connectivity index (χ1n) is 12.3. The Morgan fingerprint density at radius 2 is 1.61 bits per heavy atom. The van der Waals surface area contributed by atoms with Crippen LogP contribution in [0.4, 0.5) is 0 Å². The van der Waals surface area contributed by atoms with Crippen LogP contribution in [0.15, 0.2) is 48.8 Å². The standard InChI is InChI=1S/C27H40N4/c1-22(2)17-23-7-9-24(10-8-23)19-31-14-4-6-27(21-31)29-26-11-15-30(16-12-26)20-25-5-3-13-28-18-25/h3,5,7-10,13,18,22,26-27,29H,4,6,11-12,14-17,19-21H2,1-2H3/t27-/m0/s1. The van der Waals surface area contributed by atoms with Gasteiger partial charge in [-0.25, -0.2) is 0 Å². The van der Waals surface area contributed by atoms with Crippen molar-refractivity contribution < 1.29 is 0 Å². The van der Waals surface area contributed by atoms with Crippen molar-refractivity contribution in [2.24, 2.45) is 5.92 Å². The molecule has 4 rings (SSSR count). The van der Waals surface area contributed by atoms with Crippen LogP contribution >= 0.6 is 0 Å². The fourth-order valence-corrected chi connectivity index (χ4v) is 5.19. The zero-order valence-corrected chi connectivity index (χ0v) is 19.5. The molecule has 3 heterocycles. The van der Waals surface area contributed by atoms with Crippen LogP contribution in [0, 0.1) is 5.92 Å². The molecular formula is C27H40N4. The summed E-state index contributed by atoms with van der Waals surface area (Å²) in [5.74, 6) is 0.724. The Bertz CT molecular complexity index is 766. The Morgan fingerprint density at radius 3 is 2.32 bits per heavy atom. The van der Waals surface area contributed by atoms with Gasteiger partial charge in [0.05, 0.1) is 0 Å². The average Bonchev–Trinajstić information content (AvgIpc) is 2.77. The Balaban J connectivity index is 1.20. The molecule has 0 unspecified atom stereocenters. The number of nitrogens with one attached hydrogen (secondary N) is 1. The maximum atomic E-state index is 4.25. The van der Waals surface area contributed by atoms with Crippen molar-refractivity contribution in [3.63, 3.8) is 0 Å². The van der Waals surface area contributed by atoms with Crippen LogP contribution < -0.4 is 5.32 Å². The van der Waals surface area contributed by atoms with Gasteiger partial charge < -0.3 is 5.32 Å². The predicted molar refractivity (Wildman–Crippen MR) is 129 cm³/mol. The third kappa shape index (κ3) is 7.13. The van der Waals surface area contributed by atoms with Gasteiger partial charge in [-0.2, -0.15) is 0 Å². The molecule has 2 fully saturated rings. The van der Waals surface area contributed by atoms with Gasteiger partial charge in [0.2, 0.25) is 0 Å². The molecule has 0 aliphatic carbocycles. The lowest BCUT2D eigenvalue weighted by Crippen LogP contribution is -2.51. The number of aromatic nitrogens is 1. The Labute approximate surface area is 189 Å². The molecule has 0 spiro atoms. The Kier molecular flexibility index (Phi) is 8.12. The molecule has 168 valence electrons. The molecule has 0 bridgehead atoms. The minimum Gasteiger partial charge on any atom is -0.310 e. The summed E-state index contributed by atoms with van der Waals surface area (Å²) in [7, 11) is 0. The minimum absolute atomic E-state index is 0.642. The van der Waals surface area contributed by atoms with E-state index in [9.17, 15) is 0 Å². The summed E-state index contributed by atoms with van der Waals surface area (Å²) in [6.45, 7) is 11.5. The van der Waals surface area contributed by atoms with Crippen molar-refractivity contribution in [1.29, 1.82) is 0 Å². The molecule has 0 saturated carbocycles. The summed E-state index contributed by atoms with van der Waals surface area (Å²) in [4.78, 5) is 9.47. The molecule has 2 aromatic rings. The first-order chi connectivity index (χ1) is 15.1. The molecule has 31 heavy (non-hydrogen) atoms. The van der Waals surface area contributed by atoms with E-state index in [0.717, 1.165) is 19.0 Å². The molecule has 4 heteroatoms. The highest BCUT2D eigenvalue weighted by molar-refractivity contribution is 5.23. The lowest BCUT2D eigenvalue weighted by atomic mass is 9.99. The number of rotatable bonds is 8. The van der Waals surface area contributed by atoms with Crippen molar-refractivity contribution in [3.8, 4) is 0 Å². The van der Waals surface area contributed by atoms with Crippen molar-refractivity contribution in [2.45, 2.75) is 71.1 Å². The number of nitrogens with zero attached hydrogens (tertiary/aromatic N) is 3. The van der Waals surface area contributed by atoms with Crippen molar-refractivity contribution in [3.05, 3.63) is 65.5 Å². The number of hydrogen-bond donors (Lipinski definition) is 1. The fraction of sp³-hybridized carbons (Fsp3) is 0.593. The lowest BCUT2D eigenvalue weighted by Gasteiger charge is -2.38. The van der Waals surface area contributed by atoms with Crippen LogP contribution in [0.5, 0.6) is 0 Å². The van der Waals surface area contributed by atoms with Gasteiger partial charge in [0, 0.05) is 44.1 Å². The number of benzene rings is 1. The van der Waals surface area contributed by atoms with Crippen molar-refractivity contribution in [1.82, 2.24) is 20.1 Å². The lowest BCUT2D eigenvalue weighted by molar-refractivity contribution is 0.146. The average molecular weight is 421 g/mol. The van der Waals surface area contributed by atoms with Crippen molar-refractivity contribution >= 4 is 0 Å². The van der Waals surface area contributed by atoms with E-state index in [1.807, 2.05) is 18.5 Å². The second kappa shape index (κ2) is 11.2. The van der Waals surface area contributed by atoms with Gasteiger partial charge >= 0.3 is 0 Å². The highest BCUT2D eigenvalue weighted by Gasteiger charge is 2.25. The van der Waals surface area contributed by atoms with Gasteiger partial charge in [-0.1, -0.05) is 44.2 Å². The largest absolute Gasteiger partial charge is 0.310 e. The second-order valence-electron chi connectivity index (χ2n) is 10.1. The minimum atomic E-state index is 0.642. The topological polar surface area (TPSA) is 31.4 Å². The normalized spacial score (nSPS) is 21.6. The van der Waals surface area contributed by atoms with E-state index in [4.69, 9.17) is 0 Å². The first-order valence-corrected chi connectivity index (χ1v) is 12.3. The third-order valence-electron chi connectivity index (χ3n) is 6.77. The van der Waals surface area contributed by atoms with Crippen LogP contribution in [0.25, 0.3) is 0 Å². The summed E-state index contributed by atoms with van der Waals surface area (Å²) in [5, 5.41) is 4.01. The van der Waals surface area contributed by atoms with Crippen LogP contribution in [0.1, 0.15) is 56.2 Å². The number of pyridine rings is 1. The summed E-state index contributed by atoms with van der Waals surface area (Å²) in [6, 6.07) is 14.9. The van der Waals surface area contributed by atoms with E-state index in [2.05, 4.69) is 64.3 Å². The second-order valence-corrected chi connectivity index (χ2v) is 10.1. The molecule has 0 amide bonds. The molecule has 2 aliphatic rings. The van der Waals surface area contributed by atoms with E-state index in [1.165, 1.54) is 75.0 Å². The Morgan fingerprint density at radius 1 is 0.871 bits per heavy atom. The van der Waals surface area contributed by atoms with Crippen LogP contribution in [0.3, 0.4) is 0 Å². The van der Waals surface area contributed by atoms with E-state index >= 15 is 0 Å². The summed E-state index contributed by atoms with van der Waals surface area (Å²) >= 11 is 0.